The fraction of sp³-hybridized carbons (Fsp3) is 0.667. The molecule has 5 rings (SSSR count). The molecule has 2 heterocycles. The Morgan fingerprint density at radius 1 is 1.07 bits per heavy atom. The number of nitrogens with one attached hydrogen (secondary N) is 2. The number of alkyl carbamates (subject to hydrolysis) is 1. The van der Waals surface area contributed by atoms with Crippen molar-refractivity contribution in [3.05, 3.63) is 34.8 Å². The van der Waals surface area contributed by atoms with Crippen LogP contribution in [0.25, 0.3) is 11.4 Å². The van der Waals surface area contributed by atoms with E-state index in [4.69, 9.17) is 10.5 Å². The lowest BCUT2D eigenvalue weighted by atomic mass is 9.75. The van der Waals surface area contributed by atoms with E-state index in [1.54, 1.807) is 32.9 Å². The minimum Gasteiger partial charge on any atom is -0.444 e. The van der Waals surface area contributed by atoms with E-state index in [1.165, 1.54) is 6.42 Å². The number of halogens is 1. The van der Waals surface area contributed by atoms with Crippen LogP contribution in [0.15, 0.2) is 33.6 Å². The van der Waals surface area contributed by atoms with Gasteiger partial charge in [0.25, 0.3) is 5.91 Å². The summed E-state index contributed by atoms with van der Waals surface area (Å²) in [5, 5.41) is 6.46. The summed E-state index contributed by atoms with van der Waals surface area (Å²) in [6.45, 7) is 5.02. The van der Waals surface area contributed by atoms with Crippen LogP contribution in [0.2, 0.25) is 0 Å². The van der Waals surface area contributed by atoms with Crippen molar-refractivity contribution in [2.45, 2.75) is 103 Å². The predicted molar refractivity (Wildman–Crippen MR) is 166 cm³/mol. The summed E-state index contributed by atoms with van der Waals surface area (Å²) in [6, 6.07) is 5.81. The smallest absolute Gasteiger partial charge is 0.439 e. The predicted octanol–water partition coefficient (Wildman–Crippen LogP) is 4.99. The van der Waals surface area contributed by atoms with Gasteiger partial charge in [0.15, 0.2) is 11.9 Å². The lowest BCUT2D eigenvalue weighted by Gasteiger charge is -2.42. The Labute approximate surface area is 263 Å². The first-order chi connectivity index (χ1) is 21.4. The maximum absolute atomic E-state index is 14.8. The second-order valence-corrected chi connectivity index (χ2v) is 14.1. The number of carbonyl (C=O) groups is 3. The lowest BCUT2D eigenvalue weighted by molar-refractivity contribution is -0.142. The van der Waals surface area contributed by atoms with Gasteiger partial charge in [-0.2, -0.15) is 0 Å². The maximum atomic E-state index is 14.8. The highest BCUT2D eigenvalue weighted by Crippen LogP contribution is 2.47. The number of carbonyl (C=O) groups excluding carboxylic acids is 3. The van der Waals surface area contributed by atoms with E-state index in [1.807, 2.05) is 12.1 Å². The first kappa shape index (κ1) is 32.8. The quantitative estimate of drug-likeness (QED) is 0.348. The van der Waals surface area contributed by atoms with E-state index in [-0.39, 0.29) is 34.0 Å². The van der Waals surface area contributed by atoms with Crippen LogP contribution in [0.5, 0.6) is 0 Å². The standard InChI is InChI=1S/C33H46FN5O6/c1-33(2,3)44-31(42)36-26(19-34)21-9-11-23(12-10-21)30(41)39(24-15-13-22(14-16-24)29-37-32(43)45-38-29)18-17-25(27(39)28(35)40)20-7-5-4-6-8-20/h13-16,20-21,23,25-27H,4-12,17-19H2,1-3H3,(H3-,35,36,37,38,40,42,43)/p+1/t21?,23?,25-,26+,27-,39?/m0/s1. The van der Waals surface area contributed by atoms with E-state index < -0.39 is 42.1 Å². The van der Waals surface area contributed by atoms with Crippen LogP contribution in [0.4, 0.5) is 14.9 Å². The number of alkyl halides is 1. The number of aromatic amines is 1. The molecule has 3 amide bonds. The summed E-state index contributed by atoms with van der Waals surface area (Å²) in [6.07, 6.45) is 7.71. The van der Waals surface area contributed by atoms with Crippen LogP contribution in [0, 0.1) is 23.7 Å². The molecule has 4 N–H and O–H groups in total. The molecule has 1 aromatic heterocycles. The molecule has 11 nitrogen and oxygen atoms in total. The van der Waals surface area contributed by atoms with Crippen LogP contribution in [0.3, 0.4) is 0 Å². The number of amides is 3. The molecule has 1 aromatic carbocycles. The topological polar surface area (TPSA) is 157 Å². The van der Waals surface area contributed by atoms with E-state index in [9.17, 15) is 23.6 Å². The van der Waals surface area contributed by atoms with Crippen molar-refractivity contribution < 1.29 is 28.0 Å². The Bertz CT molecular complexity index is 1400. The molecule has 12 heteroatoms. The van der Waals surface area contributed by atoms with E-state index >= 15 is 0 Å². The number of H-pyrrole nitrogens is 1. The van der Waals surface area contributed by atoms with Crippen LogP contribution >= 0.6 is 0 Å². The molecular formula is C33H47FN5O6+. The van der Waals surface area contributed by atoms with Gasteiger partial charge in [-0.25, -0.2) is 23.3 Å². The number of quaternary nitrogens is 1. The Balaban J connectivity index is 1.41. The summed E-state index contributed by atoms with van der Waals surface area (Å²) < 4.78 is 24.0. The third kappa shape index (κ3) is 7.00. The molecule has 0 radical (unpaired) electrons. The Morgan fingerprint density at radius 2 is 1.73 bits per heavy atom. The highest BCUT2D eigenvalue weighted by molar-refractivity contribution is 5.98. The molecule has 2 aliphatic carbocycles. The molecule has 0 bridgehead atoms. The van der Waals surface area contributed by atoms with Gasteiger partial charge in [-0.05, 0) is 83.3 Å². The Morgan fingerprint density at radius 3 is 2.29 bits per heavy atom. The molecule has 3 fully saturated rings. The van der Waals surface area contributed by atoms with Gasteiger partial charge in [0, 0.05) is 30.0 Å². The largest absolute Gasteiger partial charge is 0.444 e. The number of primary amides is 1. The number of hydrogen-bond acceptors (Lipinski definition) is 7. The van der Waals surface area contributed by atoms with Gasteiger partial charge in [0.1, 0.15) is 18.0 Å². The minimum atomic E-state index is -0.724. The van der Waals surface area contributed by atoms with Crippen molar-refractivity contribution in [2.75, 3.05) is 13.2 Å². The number of nitrogens with zero attached hydrogens (tertiary/aromatic N) is 2. The summed E-state index contributed by atoms with van der Waals surface area (Å²) in [5.41, 5.74) is 6.81. The molecule has 4 atom stereocenters. The molecule has 2 saturated carbocycles. The van der Waals surface area contributed by atoms with E-state index in [0.29, 0.717) is 49.4 Å². The molecular weight excluding hydrogens is 581 g/mol. The van der Waals surface area contributed by atoms with Gasteiger partial charge in [-0.15, -0.1) is 0 Å². The van der Waals surface area contributed by atoms with Gasteiger partial charge in [-0.3, -0.25) is 14.3 Å². The van der Waals surface area contributed by atoms with Gasteiger partial charge in [-0.1, -0.05) is 24.4 Å². The van der Waals surface area contributed by atoms with Crippen LogP contribution < -0.4 is 21.3 Å². The third-order valence-electron chi connectivity index (χ3n) is 10.2. The zero-order valence-electron chi connectivity index (χ0n) is 26.6. The second kappa shape index (κ2) is 13.4. The van der Waals surface area contributed by atoms with Gasteiger partial charge in [0.05, 0.1) is 18.5 Å². The van der Waals surface area contributed by atoms with Crippen LogP contribution in [-0.2, 0) is 14.3 Å². The SMILES string of the molecule is CC(C)(C)OC(=O)N[C@H](CF)C1CCC(C(=O)[N+]2(c3ccc(-c4noc(=O)[nH]4)cc3)CC[C@@H](C3CCCCC3)[C@H]2C(N)=O)CC1. The van der Waals surface area contributed by atoms with E-state index in [0.717, 1.165) is 32.1 Å². The fourth-order valence-corrected chi connectivity index (χ4v) is 8.20. The van der Waals surface area contributed by atoms with E-state index in [2.05, 4.69) is 20.0 Å². The maximum Gasteiger partial charge on any atom is 0.439 e. The number of aromatic nitrogens is 2. The minimum absolute atomic E-state index is 0.00334. The monoisotopic (exact) mass is 628 g/mol. The summed E-state index contributed by atoms with van der Waals surface area (Å²) >= 11 is 0. The Kier molecular flexibility index (Phi) is 9.81. The summed E-state index contributed by atoms with van der Waals surface area (Å²) in [5.74, 6) is -1.02. The van der Waals surface area contributed by atoms with Crippen LogP contribution in [0.1, 0.15) is 85.0 Å². The average molecular weight is 629 g/mol. The summed E-state index contributed by atoms with van der Waals surface area (Å²) in [7, 11) is 0. The zero-order chi connectivity index (χ0) is 32.4. The molecule has 1 saturated heterocycles. The third-order valence-corrected chi connectivity index (χ3v) is 10.2. The normalized spacial score (nSPS) is 28.4. The number of hydrogen-bond donors (Lipinski definition) is 3. The Hall–Kier alpha value is -3.54. The number of rotatable bonds is 8. The average Bonchev–Trinajstić information content (AvgIpc) is 3.64. The molecule has 246 valence electrons. The van der Waals surface area contributed by atoms with Crippen molar-refractivity contribution in [2.24, 2.45) is 29.4 Å². The highest BCUT2D eigenvalue weighted by atomic mass is 19.1. The van der Waals surface area contributed by atoms with Crippen molar-refractivity contribution in [1.82, 2.24) is 19.9 Å². The number of ether oxygens (including phenoxy) is 1. The zero-order valence-corrected chi connectivity index (χ0v) is 26.6. The first-order valence-electron chi connectivity index (χ1n) is 16.4. The number of likely N-dealkylation sites (tertiary alicyclic amines) is 1. The number of benzene rings is 1. The number of nitrogens with two attached hydrogens (primary N) is 1. The van der Waals surface area contributed by atoms with Crippen molar-refractivity contribution >= 4 is 23.6 Å². The van der Waals surface area contributed by atoms with Crippen molar-refractivity contribution in [3.8, 4) is 11.4 Å². The van der Waals surface area contributed by atoms with Crippen molar-refractivity contribution in [3.63, 3.8) is 0 Å². The molecule has 45 heavy (non-hydrogen) atoms. The van der Waals surface area contributed by atoms with Gasteiger partial charge < -0.3 is 15.8 Å². The lowest BCUT2D eigenvalue weighted by Crippen LogP contribution is -2.65. The molecule has 3 aliphatic rings. The molecule has 1 aliphatic heterocycles. The van der Waals surface area contributed by atoms with Gasteiger partial charge >= 0.3 is 17.8 Å². The first-order valence-corrected chi connectivity index (χ1v) is 16.4. The summed E-state index contributed by atoms with van der Waals surface area (Å²) in [4.78, 5) is 54.7. The molecule has 0 spiro atoms. The second-order valence-electron chi connectivity index (χ2n) is 14.1. The molecule has 2 aromatic rings. The fourth-order valence-electron chi connectivity index (χ4n) is 8.20. The van der Waals surface area contributed by atoms with Gasteiger partial charge in [0.2, 0.25) is 0 Å². The highest BCUT2D eigenvalue weighted by Gasteiger charge is 2.60. The van der Waals surface area contributed by atoms with Crippen molar-refractivity contribution in [1.29, 1.82) is 0 Å². The molecule has 1 unspecified atom stereocenters. The van der Waals surface area contributed by atoms with Crippen LogP contribution in [-0.4, -0.2) is 59.0 Å².